The summed E-state index contributed by atoms with van der Waals surface area (Å²) in [5.74, 6) is 0. The Hall–Kier alpha value is -0.570. The SMILES string of the molecule is CNC1Cc2ccc(Cl)cc2C1O. The lowest BCUT2D eigenvalue weighted by molar-refractivity contribution is 0.146. The van der Waals surface area contributed by atoms with E-state index < -0.39 is 6.10 Å². The van der Waals surface area contributed by atoms with Gasteiger partial charge in [-0.2, -0.15) is 0 Å². The molecule has 1 aliphatic rings. The zero-order valence-corrected chi connectivity index (χ0v) is 8.17. The number of aliphatic hydroxyl groups is 1. The maximum absolute atomic E-state index is 9.84. The molecule has 0 aliphatic heterocycles. The predicted molar refractivity (Wildman–Crippen MR) is 53.0 cm³/mol. The van der Waals surface area contributed by atoms with Crippen LogP contribution in [-0.2, 0) is 6.42 Å². The molecule has 0 amide bonds. The number of benzene rings is 1. The molecule has 0 radical (unpaired) electrons. The zero-order valence-electron chi connectivity index (χ0n) is 7.42. The Kier molecular flexibility index (Phi) is 2.28. The van der Waals surface area contributed by atoms with Gasteiger partial charge >= 0.3 is 0 Å². The smallest absolute Gasteiger partial charge is 0.0949 e. The van der Waals surface area contributed by atoms with Crippen molar-refractivity contribution in [1.29, 1.82) is 0 Å². The van der Waals surface area contributed by atoms with Crippen LogP contribution in [0.4, 0.5) is 0 Å². The number of fused-ring (bicyclic) bond motifs is 1. The molecule has 1 aliphatic carbocycles. The van der Waals surface area contributed by atoms with Crippen LogP contribution in [0.15, 0.2) is 18.2 Å². The molecule has 2 N–H and O–H groups in total. The van der Waals surface area contributed by atoms with Crippen LogP contribution < -0.4 is 5.32 Å². The van der Waals surface area contributed by atoms with E-state index in [2.05, 4.69) is 5.32 Å². The normalized spacial score (nSPS) is 26.1. The second-order valence-corrected chi connectivity index (χ2v) is 3.82. The number of hydrogen-bond donors (Lipinski definition) is 2. The lowest BCUT2D eigenvalue weighted by Gasteiger charge is -2.13. The Morgan fingerprint density at radius 3 is 3.00 bits per heavy atom. The molecule has 1 aromatic rings. The molecule has 0 saturated carbocycles. The molecule has 2 unspecified atom stereocenters. The molecule has 3 heteroatoms. The van der Waals surface area contributed by atoms with Gasteiger partial charge in [0.25, 0.3) is 0 Å². The topological polar surface area (TPSA) is 32.3 Å². The Bertz CT molecular complexity index is 327. The molecule has 0 bridgehead atoms. The lowest BCUT2D eigenvalue weighted by Crippen LogP contribution is -2.29. The van der Waals surface area contributed by atoms with Crippen molar-refractivity contribution in [3.8, 4) is 0 Å². The monoisotopic (exact) mass is 197 g/mol. The molecule has 0 fully saturated rings. The molecule has 0 spiro atoms. The minimum Gasteiger partial charge on any atom is -0.387 e. The third-order valence-corrected chi connectivity index (χ3v) is 2.85. The van der Waals surface area contributed by atoms with Crippen LogP contribution >= 0.6 is 11.6 Å². The first-order valence-corrected chi connectivity index (χ1v) is 4.74. The number of rotatable bonds is 1. The summed E-state index contributed by atoms with van der Waals surface area (Å²) in [6.45, 7) is 0. The summed E-state index contributed by atoms with van der Waals surface area (Å²) in [7, 11) is 1.86. The molecule has 0 heterocycles. The minimum absolute atomic E-state index is 0.133. The van der Waals surface area contributed by atoms with Crippen LogP contribution in [0.3, 0.4) is 0 Å². The van der Waals surface area contributed by atoms with Gasteiger partial charge in [0.2, 0.25) is 0 Å². The molecule has 2 atom stereocenters. The summed E-state index contributed by atoms with van der Waals surface area (Å²) in [5, 5.41) is 13.6. The van der Waals surface area contributed by atoms with Crippen LogP contribution in [0, 0.1) is 0 Å². The Morgan fingerprint density at radius 2 is 2.31 bits per heavy atom. The minimum atomic E-state index is -0.418. The van der Waals surface area contributed by atoms with E-state index >= 15 is 0 Å². The zero-order chi connectivity index (χ0) is 9.42. The first-order valence-electron chi connectivity index (χ1n) is 4.36. The first-order chi connectivity index (χ1) is 6.22. The van der Waals surface area contributed by atoms with Crippen molar-refractivity contribution in [1.82, 2.24) is 5.32 Å². The van der Waals surface area contributed by atoms with E-state index in [9.17, 15) is 5.11 Å². The van der Waals surface area contributed by atoms with Crippen molar-refractivity contribution < 1.29 is 5.11 Å². The summed E-state index contributed by atoms with van der Waals surface area (Å²) in [4.78, 5) is 0. The Labute approximate surface area is 82.5 Å². The van der Waals surface area contributed by atoms with Crippen molar-refractivity contribution in [2.24, 2.45) is 0 Å². The third kappa shape index (κ3) is 1.46. The molecule has 2 nitrogen and oxygen atoms in total. The largest absolute Gasteiger partial charge is 0.387 e. The van der Waals surface area contributed by atoms with Crippen molar-refractivity contribution in [3.63, 3.8) is 0 Å². The highest BCUT2D eigenvalue weighted by atomic mass is 35.5. The molecule has 0 aromatic heterocycles. The fourth-order valence-corrected chi connectivity index (χ4v) is 2.03. The van der Waals surface area contributed by atoms with Gasteiger partial charge in [0.05, 0.1) is 6.10 Å². The third-order valence-electron chi connectivity index (χ3n) is 2.62. The summed E-state index contributed by atoms with van der Waals surface area (Å²) < 4.78 is 0. The van der Waals surface area contributed by atoms with E-state index in [1.165, 1.54) is 5.56 Å². The van der Waals surface area contributed by atoms with Crippen molar-refractivity contribution in [2.75, 3.05) is 7.05 Å². The maximum atomic E-state index is 9.84. The van der Waals surface area contributed by atoms with E-state index in [4.69, 9.17) is 11.6 Å². The number of nitrogens with one attached hydrogen (secondary N) is 1. The van der Waals surface area contributed by atoms with Crippen LogP contribution in [0.5, 0.6) is 0 Å². The van der Waals surface area contributed by atoms with Crippen LogP contribution in [-0.4, -0.2) is 18.2 Å². The van der Waals surface area contributed by atoms with E-state index in [0.29, 0.717) is 5.02 Å². The quantitative estimate of drug-likeness (QED) is 0.716. The van der Waals surface area contributed by atoms with Crippen LogP contribution in [0.2, 0.25) is 5.02 Å². The van der Waals surface area contributed by atoms with Gasteiger partial charge in [0.1, 0.15) is 0 Å². The molecule has 2 rings (SSSR count). The van der Waals surface area contributed by atoms with Crippen molar-refractivity contribution in [3.05, 3.63) is 34.3 Å². The number of halogens is 1. The summed E-state index contributed by atoms with van der Waals surface area (Å²) >= 11 is 5.85. The van der Waals surface area contributed by atoms with Crippen LogP contribution in [0.1, 0.15) is 17.2 Å². The van der Waals surface area contributed by atoms with E-state index in [1.807, 2.05) is 25.2 Å². The number of likely N-dealkylation sites (N-methyl/N-ethyl adjacent to an activating group) is 1. The van der Waals surface area contributed by atoms with Gasteiger partial charge in [0.15, 0.2) is 0 Å². The molecule has 1 aromatic carbocycles. The van der Waals surface area contributed by atoms with Crippen LogP contribution in [0.25, 0.3) is 0 Å². The molecule has 70 valence electrons. The van der Waals surface area contributed by atoms with Gasteiger partial charge in [-0.15, -0.1) is 0 Å². The van der Waals surface area contributed by atoms with Gasteiger partial charge in [0, 0.05) is 11.1 Å². The predicted octanol–water partition coefficient (Wildman–Crippen LogP) is 1.52. The van der Waals surface area contributed by atoms with Gasteiger partial charge in [-0.25, -0.2) is 0 Å². The van der Waals surface area contributed by atoms with E-state index in [1.54, 1.807) is 0 Å². The lowest BCUT2D eigenvalue weighted by atomic mass is 10.1. The second-order valence-electron chi connectivity index (χ2n) is 3.39. The Balaban J connectivity index is 2.39. The van der Waals surface area contributed by atoms with Crippen molar-refractivity contribution >= 4 is 11.6 Å². The summed E-state index contributed by atoms with van der Waals surface area (Å²) in [6.07, 6.45) is 0.461. The Morgan fingerprint density at radius 1 is 1.54 bits per heavy atom. The van der Waals surface area contributed by atoms with Crippen molar-refractivity contribution in [2.45, 2.75) is 18.6 Å². The highest BCUT2D eigenvalue weighted by molar-refractivity contribution is 6.30. The first kappa shape index (κ1) is 9.00. The van der Waals surface area contributed by atoms with E-state index in [0.717, 1.165) is 12.0 Å². The maximum Gasteiger partial charge on any atom is 0.0949 e. The number of aliphatic hydroxyl groups excluding tert-OH is 1. The van der Waals surface area contributed by atoms with Gasteiger partial charge in [-0.05, 0) is 36.7 Å². The summed E-state index contributed by atoms with van der Waals surface area (Å²) in [6, 6.07) is 5.83. The molecular formula is C10H12ClNO. The average Bonchev–Trinajstić information content (AvgIpc) is 2.44. The standard InChI is InChI=1S/C10H12ClNO/c1-12-9-4-6-2-3-7(11)5-8(6)10(9)13/h2-3,5,9-10,12-13H,4H2,1H3. The van der Waals surface area contributed by atoms with E-state index in [-0.39, 0.29) is 6.04 Å². The molecule has 13 heavy (non-hydrogen) atoms. The summed E-state index contributed by atoms with van der Waals surface area (Å²) in [5.41, 5.74) is 2.16. The van der Waals surface area contributed by atoms with Gasteiger partial charge in [-0.3, -0.25) is 0 Å². The fourth-order valence-electron chi connectivity index (χ4n) is 1.85. The number of hydrogen-bond acceptors (Lipinski definition) is 2. The highest BCUT2D eigenvalue weighted by Gasteiger charge is 2.29. The van der Waals surface area contributed by atoms with Gasteiger partial charge in [-0.1, -0.05) is 17.7 Å². The van der Waals surface area contributed by atoms with Gasteiger partial charge < -0.3 is 10.4 Å². The molecular weight excluding hydrogens is 186 g/mol. The second kappa shape index (κ2) is 3.29. The molecule has 0 saturated heterocycles. The average molecular weight is 198 g/mol. The fraction of sp³-hybridized carbons (Fsp3) is 0.400. The highest BCUT2D eigenvalue weighted by Crippen LogP contribution is 2.32.